The van der Waals surface area contributed by atoms with E-state index < -0.39 is 0 Å². The van der Waals surface area contributed by atoms with Crippen molar-refractivity contribution < 1.29 is 0 Å². The molecule has 3 aliphatic carbocycles. The molecule has 6 aromatic carbocycles. The van der Waals surface area contributed by atoms with E-state index >= 15 is 0 Å². The molecule has 266 valence electrons. The van der Waals surface area contributed by atoms with Crippen LogP contribution in [0.3, 0.4) is 0 Å². The van der Waals surface area contributed by atoms with Gasteiger partial charge in [-0.05, 0) is 104 Å². The number of fused-ring (bicyclic) bond motifs is 7. The van der Waals surface area contributed by atoms with Crippen molar-refractivity contribution in [3.8, 4) is 34.2 Å². The van der Waals surface area contributed by atoms with Crippen LogP contribution in [-0.4, -0.2) is 24.1 Å². The van der Waals surface area contributed by atoms with Crippen molar-refractivity contribution in [3.63, 3.8) is 0 Å². The van der Waals surface area contributed by atoms with E-state index in [-0.39, 0.29) is 5.41 Å². The van der Waals surface area contributed by atoms with Crippen LogP contribution in [-0.2, 0) is 5.41 Å². The third kappa shape index (κ3) is 4.56. The summed E-state index contributed by atoms with van der Waals surface area (Å²) >= 11 is 0. The van der Waals surface area contributed by atoms with E-state index in [1.165, 1.54) is 69.3 Å². The van der Waals surface area contributed by atoms with E-state index in [0.717, 1.165) is 64.1 Å². The maximum Gasteiger partial charge on any atom is 0.165 e. The smallest absolute Gasteiger partial charge is 0.165 e. The average molecular weight is 712 g/mol. The van der Waals surface area contributed by atoms with Crippen molar-refractivity contribution in [3.05, 3.63) is 151 Å². The van der Waals surface area contributed by atoms with E-state index in [2.05, 4.69) is 162 Å². The molecule has 2 unspecified atom stereocenters. The monoisotopic (exact) mass is 711 g/mol. The molecule has 0 amide bonds. The summed E-state index contributed by atoms with van der Waals surface area (Å²) < 4.78 is 4.81. The number of benzene rings is 6. The molecule has 55 heavy (non-hydrogen) atoms. The lowest BCUT2D eigenvalue weighted by atomic mass is 9.63. The van der Waals surface area contributed by atoms with Crippen molar-refractivity contribution in [1.82, 2.24) is 24.1 Å². The molecule has 5 atom stereocenters. The fraction of sp³-hybridized carbons (Fsp3) is 0.220. The maximum absolute atomic E-state index is 5.63. The minimum Gasteiger partial charge on any atom is -0.309 e. The Morgan fingerprint density at radius 2 is 0.891 bits per heavy atom. The molecule has 5 heteroatoms. The fourth-order valence-electron chi connectivity index (χ4n) is 11.4. The molecule has 3 fully saturated rings. The number of aromatic nitrogens is 5. The predicted molar refractivity (Wildman–Crippen MR) is 224 cm³/mol. The topological polar surface area (TPSA) is 48.5 Å². The molecule has 0 aliphatic heterocycles. The normalized spacial score (nSPS) is 23.1. The first-order valence-corrected chi connectivity index (χ1v) is 20.1. The molecule has 12 rings (SSSR count). The second kappa shape index (κ2) is 11.7. The van der Waals surface area contributed by atoms with Gasteiger partial charge in [-0.3, -0.25) is 0 Å². The van der Waals surface area contributed by atoms with Gasteiger partial charge in [-0.15, -0.1) is 0 Å². The molecule has 3 saturated carbocycles. The third-order valence-electron chi connectivity index (χ3n) is 13.6. The summed E-state index contributed by atoms with van der Waals surface area (Å²) in [6.07, 6.45) is 6.22. The lowest BCUT2D eigenvalue weighted by molar-refractivity contribution is 0.0777. The zero-order valence-electron chi connectivity index (χ0n) is 30.9. The highest BCUT2D eigenvalue weighted by molar-refractivity contribution is 6.10. The molecule has 0 spiro atoms. The van der Waals surface area contributed by atoms with Crippen LogP contribution in [0.1, 0.15) is 44.9 Å². The van der Waals surface area contributed by atoms with Gasteiger partial charge >= 0.3 is 0 Å². The van der Waals surface area contributed by atoms with Crippen LogP contribution in [0, 0.1) is 23.7 Å². The van der Waals surface area contributed by atoms with Gasteiger partial charge in [0.05, 0.1) is 33.4 Å². The lowest BCUT2D eigenvalue weighted by Crippen LogP contribution is -2.34. The molecule has 3 aliphatic rings. The van der Waals surface area contributed by atoms with E-state index in [1.54, 1.807) is 0 Å². The summed E-state index contributed by atoms with van der Waals surface area (Å²) in [4.78, 5) is 16.8. The van der Waals surface area contributed by atoms with Crippen molar-refractivity contribution in [2.24, 2.45) is 23.7 Å². The number of hydrogen-bond donors (Lipinski definition) is 0. The standard InChI is InChI=1S/C50H41N5/c1-31-26-32-27-33-29-50(28-31,30-40(32)33)49-52-47(38-18-6-12-24-45(38)54-41-20-8-2-14-34(41)35-15-3-9-21-42(35)54)51-48(53-49)39-19-7-13-25-46(39)55-43-22-10-4-16-36(43)37-17-5-11-23-44(37)55/h2-25,31-33,40H,26-30H2,1H3/t31-,32+,33+,40?,50?/m1/s1. The Bertz CT molecular complexity index is 2700. The number of hydrogen-bond acceptors (Lipinski definition) is 3. The highest BCUT2D eigenvalue weighted by Crippen LogP contribution is 2.64. The van der Waals surface area contributed by atoms with E-state index in [9.17, 15) is 0 Å². The van der Waals surface area contributed by atoms with Crippen LogP contribution >= 0.6 is 0 Å². The molecular weight excluding hydrogens is 671 g/mol. The Balaban J connectivity index is 1.13. The summed E-state index contributed by atoms with van der Waals surface area (Å²) in [7, 11) is 0. The number of nitrogens with zero attached hydrogens (tertiary/aromatic N) is 5. The first-order chi connectivity index (χ1) is 27.1. The molecule has 0 saturated heterocycles. The minimum atomic E-state index is -0.0456. The Morgan fingerprint density at radius 1 is 0.455 bits per heavy atom. The second-order valence-corrected chi connectivity index (χ2v) is 16.7. The van der Waals surface area contributed by atoms with Crippen LogP contribution < -0.4 is 0 Å². The Kier molecular flexibility index (Phi) is 6.67. The molecular formula is C50H41N5. The van der Waals surface area contributed by atoms with E-state index in [0.29, 0.717) is 5.92 Å². The van der Waals surface area contributed by atoms with Crippen molar-refractivity contribution >= 4 is 43.6 Å². The van der Waals surface area contributed by atoms with Crippen LogP contribution in [0.5, 0.6) is 0 Å². The molecule has 5 nitrogen and oxygen atoms in total. The van der Waals surface area contributed by atoms with Crippen molar-refractivity contribution in [2.75, 3.05) is 0 Å². The Morgan fingerprint density at radius 3 is 1.38 bits per heavy atom. The summed E-state index contributed by atoms with van der Waals surface area (Å²) in [6, 6.07) is 52.4. The second-order valence-electron chi connectivity index (χ2n) is 16.7. The van der Waals surface area contributed by atoms with Gasteiger partial charge in [0, 0.05) is 38.1 Å². The third-order valence-corrected chi connectivity index (χ3v) is 13.6. The first-order valence-electron chi connectivity index (χ1n) is 20.1. The molecule has 0 N–H and O–H groups in total. The zero-order valence-corrected chi connectivity index (χ0v) is 30.9. The van der Waals surface area contributed by atoms with Gasteiger partial charge in [0.1, 0.15) is 5.82 Å². The highest BCUT2D eigenvalue weighted by Gasteiger charge is 2.58. The van der Waals surface area contributed by atoms with Gasteiger partial charge in [-0.1, -0.05) is 104 Å². The quantitative estimate of drug-likeness (QED) is 0.179. The summed E-state index contributed by atoms with van der Waals surface area (Å²) in [5.41, 5.74) is 8.86. The van der Waals surface area contributed by atoms with Crippen LogP contribution in [0.25, 0.3) is 77.8 Å². The highest BCUT2D eigenvalue weighted by atomic mass is 15.1. The van der Waals surface area contributed by atoms with Gasteiger partial charge in [0.15, 0.2) is 11.6 Å². The van der Waals surface area contributed by atoms with Gasteiger partial charge < -0.3 is 9.13 Å². The molecule has 3 aromatic heterocycles. The van der Waals surface area contributed by atoms with E-state index in [1.807, 2.05) is 0 Å². The van der Waals surface area contributed by atoms with Crippen molar-refractivity contribution in [2.45, 2.75) is 44.4 Å². The van der Waals surface area contributed by atoms with Crippen LogP contribution in [0.15, 0.2) is 146 Å². The number of rotatable bonds is 5. The van der Waals surface area contributed by atoms with Gasteiger partial charge in [-0.2, -0.15) is 0 Å². The number of para-hydroxylation sites is 6. The molecule has 2 bridgehead atoms. The zero-order chi connectivity index (χ0) is 36.3. The first kappa shape index (κ1) is 31.3. The van der Waals surface area contributed by atoms with Crippen molar-refractivity contribution in [1.29, 1.82) is 0 Å². The summed E-state index contributed by atoms with van der Waals surface area (Å²) in [5, 5.41) is 4.97. The molecule has 0 radical (unpaired) electrons. The Hall–Kier alpha value is -6.07. The summed E-state index contributed by atoms with van der Waals surface area (Å²) in [5.74, 6) is 5.57. The SMILES string of the molecule is C[C@@H]1C[C@H]2C[C@H]3CC(c4nc(-c5ccccc5-n5c6ccccc6c6ccccc65)nc(-c5ccccc5-n5c6ccccc6c6ccccc65)n4)(CC23)C1. The Labute approximate surface area is 320 Å². The fourth-order valence-corrected chi connectivity index (χ4v) is 11.4. The average Bonchev–Trinajstić information content (AvgIpc) is 3.82. The lowest BCUT2D eigenvalue weighted by Gasteiger charge is -2.42. The summed E-state index contributed by atoms with van der Waals surface area (Å²) in [6.45, 7) is 2.47. The minimum absolute atomic E-state index is 0.0456. The van der Waals surface area contributed by atoms with Crippen LogP contribution in [0.4, 0.5) is 0 Å². The maximum atomic E-state index is 5.63. The van der Waals surface area contributed by atoms with Gasteiger partial charge in [-0.25, -0.2) is 15.0 Å². The molecule has 3 heterocycles. The predicted octanol–water partition coefficient (Wildman–Crippen LogP) is 12.1. The molecule has 9 aromatic rings. The van der Waals surface area contributed by atoms with Gasteiger partial charge in [0.2, 0.25) is 0 Å². The largest absolute Gasteiger partial charge is 0.309 e. The van der Waals surface area contributed by atoms with E-state index in [4.69, 9.17) is 15.0 Å². The van der Waals surface area contributed by atoms with Gasteiger partial charge in [0.25, 0.3) is 0 Å². The van der Waals surface area contributed by atoms with Crippen LogP contribution in [0.2, 0.25) is 0 Å².